The Kier molecular flexibility index (Phi) is 2.37. The van der Waals surface area contributed by atoms with E-state index >= 15 is 0 Å². The normalized spacial score (nSPS) is 16.1. The fraction of sp³-hybridized carbons (Fsp3) is 0. The zero-order valence-electron chi connectivity index (χ0n) is 8.25. The molecule has 2 N–H and O–H groups in total. The van der Waals surface area contributed by atoms with Gasteiger partial charge >= 0.3 is 10.1 Å². The highest BCUT2D eigenvalue weighted by Gasteiger charge is 2.38. The molecule has 0 amide bonds. The number of allylic oxidation sites excluding steroid dienone is 2. The van der Waals surface area contributed by atoms with Crippen LogP contribution in [-0.4, -0.2) is 29.6 Å². The maximum atomic E-state index is 11.7. The summed E-state index contributed by atoms with van der Waals surface area (Å²) in [6, 6.07) is 5.43. The van der Waals surface area contributed by atoms with E-state index in [4.69, 9.17) is 4.55 Å². The van der Waals surface area contributed by atoms with E-state index in [-0.39, 0.29) is 11.1 Å². The van der Waals surface area contributed by atoms with Crippen molar-refractivity contribution in [1.29, 1.82) is 0 Å². The first kappa shape index (κ1) is 11.5. The predicted molar refractivity (Wildman–Crippen MR) is 56.3 cm³/mol. The van der Waals surface area contributed by atoms with Crippen LogP contribution in [0.1, 0.15) is 20.7 Å². The third kappa shape index (κ3) is 1.65. The van der Waals surface area contributed by atoms with E-state index in [9.17, 15) is 23.1 Å². The molecule has 0 fully saturated rings. The summed E-state index contributed by atoms with van der Waals surface area (Å²) in [5.74, 6) is -3.36. The summed E-state index contributed by atoms with van der Waals surface area (Å²) in [6.45, 7) is 0. The van der Waals surface area contributed by atoms with Crippen LogP contribution in [0.5, 0.6) is 0 Å². The summed E-state index contributed by atoms with van der Waals surface area (Å²) in [4.78, 5) is 22.0. The standard InChI is InChI=1S/C10H6O6S/c11-7-5-3-1-2-4-6(5)8(12)10(9(7)13)17(14,15)16/h1-4,13H,(H,14,15,16). The largest absolute Gasteiger partial charge is 0.503 e. The minimum absolute atomic E-state index is 0.0950. The average Bonchev–Trinajstić information content (AvgIpc) is 2.24. The third-order valence-corrected chi connectivity index (χ3v) is 3.21. The number of Topliss-reactive ketones (excluding diaryl/α,β-unsaturated/α-hetero) is 2. The number of carbonyl (C=O) groups excluding carboxylic acids is 2. The number of hydrogen-bond acceptors (Lipinski definition) is 5. The molecule has 0 aliphatic heterocycles. The van der Waals surface area contributed by atoms with Crippen LogP contribution < -0.4 is 0 Å². The number of fused-ring (bicyclic) bond motifs is 1. The van der Waals surface area contributed by atoms with E-state index in [1.54, 1.807) is 0 Å². The van der Waals surface area contributed by atoms with Crippen LogP contribution >= 0.6 is 0 Å². The van der Waals surface area contributed by atoms with Crippen molar-refractivity contribution in [3.05, 3.63) is 46.1 Å². The number of benzene rings is 1. The van der Waals surface area contributed by atoms with E-state index in [1.165, 1.54) is 24.3 Å². The van der Waals surface area contributed by atoms with Gasteiger partial charge in [0.2, 0.25) is 11.6 Å². The first-order chi connectivity index (χ1) is 7.84. The summed E-state index contributed by atoms with van der Waals surface area (Å²) in [5.41, 5.74) is -0.259. The molecule has 6 nitrogen and oxygen atoms in total. The van der Waals surface area contributed by atoms with Crippen molar-refractivity contribution in [2.75, 3.05) is 0 Å². The highest BCUT2D eigenvalue weighted by atomic mass is 32.2. The lowest BCUT2D eigenvalue weighted by atomic mass is 9.93. The molecule has 0 saturated carbocycles. The Morgan fingerprint density at radius 2 is 1.41 bits per heavy atom. The van der Waals surface area contributed by atoms with E-state index in [2.05, 4.69) is 0 Å². The van der Waals surface area contributed by atoms with Gasteiger partial charge in [-0.05, 0) is 0 Å². The van der Waals surface area contributed by atoms with Crippen LogP contribution in [-0.2, 0) is 10.1 Å². The van der Waals surface area contributed by atoms with Gasteiger partial charge in [0.05, 0.1) is 0 Å². The lowest BCUT2D eigenvalue weighted by molar-refractivity contribution is 0.0934. The van der Waals surface area contributed by atoms with Crippen molar-refractivity contribution >= 4 is 21.7 Å². The van der Waals surface area contributed by atoms with Gasteiger partial charge in [0.15, 0.2) is 10.7 Å². The molecule has 0 atom stereocenters. The smallest absolute Gasteiger partial charge is 0.302 e. The van der Waals surface area contributed by atoms with Crippen LogP contribution in [0.2, 0.25) is 0 Å². The topological polar surface area (TPSA) is 109 Å². The second-order valence-corrected chi connectivity index (χ2v) is 4.72. The molecule has 0 heterocycles. The zero-order valence-corrected chi connectivity index (χ0v) is 9.06. The quantitative estimate of drug-likeness (QED) is 0.715. The van der Waals surface area contributed by atoms with Crippen LogP contribution in [0, 0.1) is 0 Å². The fourth-order valence-corrected chi connectivity index (χ4v) is 2.26. The first-order valence-corrected chi connectivity index (χ1v) is 5.87. The second-order valence-electron chi connectivity index (χ2n) is 3.36. The van der Waals surface area contributed by atoms with Gasteiger partial charge < -0.3 is 5.11 Å². The molecular weight excluding hydrogens is 248 g/mol. The van der Waals surface area contributed by atoms with Gasteiger partial charge in [-0.15, -0.1) is 0 Å². The summed E-state index contributed by atoms with van der Waals surface area (Å²) in [6.07, 6.45) is 0. The van der Waals surface area contributed by atoms with Crippen LogP contribution in [0.15, 0.2) is 34.9 Å². The first-order valence-electron chi connectivity index (χ1n) is 4.43. The van der Waals surface area contributed by atoms with E-state index < -0.39 is 32.3 Å². The molecule has 0 radical (unpaired) electrons. The van der Waals surface area contributed by atoms with Crippen LogP contribution in [0.3, 0.4) is 0 Å². The van der Waals surface area contributed by atoms with Crippen LogP contribution in [0.25, 0.3) is 0 Å². The predicted octanol–water partition coefficient (Wildman–Crippen LogP) is 0.723. The lowest BCUT2D eigenvalue weighted by Crippen LogP contribution is -2.26. The minimum Gasteiger partial charge on any atom is -0.503 e. The van der Waals surface area contributed by atoms with Gasteiger partial charge in [-0.3, -0.25) is 14.1 Å². The highest BCUT2D eigenvalue weighted by Crippen LogP contribution is 2.27. The van der Waals surface area contributed by atoms with Gasteiger partial charge in [0.1, 0.15) is 0 Å². The Labute approximate surface area is 95.9 Å². The number of carbonyl (C=O) groups is 2. The van der Waals surface area contributed by atoms with Crippen molar-refractivity contribution < 1.29 is 27.7 Å². The summed E-state index contributed by atoms with van der Waals surface area (Å²) in [5, 5.41) is 9.36. The van der Waals surface area contributed by atoms with Crippen LogP contribution in [0.4, 0.5) is 0 Å². The maximum Gasteiger partial charge on any atom is 0.302 e. The Morgan fingerprint density at radius 3 is 1.88 bits per heavy atom. The maximum absolute atomic E-state index is 11.7. The molecule has 1 aliphatic carbocycles. The Balaban J connectivity index is 2.80. The highest BCUT2D eigenvalue weighted by molar-refractivity contribution is 7.91. The molecule has 0 unspecified atom stereocenters. The molecule has 0 aromatic heterocycles. The Hall–Kier alpha value is -1.99. The minimum atomic E-state index is -4.94. The van der Waals surface area contributed by atoms with Crippen molar-refractivity contribution in [2.45, 2.75) is 0 Å². The molecule has 7 heteroatoms. The molecule has 0 bridgehead atoms. The molecule has 1 aliphatic rings. The number of aliphatic hydroxyl groups is 1. The number of rotatable bonds is 1. The van der Waals surface area contributed by atoms with Gasteiger partial charge in [-0.2, -0.15) is 8.42 Å². The summed E-state index contributed by atoms with van der Waals surface area (Å²) >= 11 is 0. The van der Waals surface area contributed by atoms with E-state index in [0.717, 1.165) is 0 Å². The molecule has 2 rings (SSSR count). The number of hydrogen-bond donors (Lipinski definition) is 2. The molecule has 1 aromatic rings. The van der Waals surface area contributed by atoms with Crippen molar-refractivity contribution in [1.82, 2.24) is 0 Å². The second kappa shape index (κ2) is 3.51. The van der Waals surface area contributed by atoms with Gasteiger partial charge in [0.25, 0.3) is 0 Å². The Morgan fingerprint density at radius 1 is 0.941 bits per heavy atom. The van der Waals surface area contributed by atoms with Crippen molar-refractivity contribution in [2.24, 2.45) is 0 Å². The SMILES string of the molecule is O=C1C(O)=C(S(=O)(=O)O)C(=O)c2ccccc21. The lowest BCUT2D eigenvalue weighted by Gasteiger charge is -2.15. The zero-order chi connectivity index (χ0) is 12.8. The van der Waals surface area contributed by atoms with E-state index in [0.29, 0.717) is 0 Å². The fourth-order valence-electron chi connectivity index (χ4n) is 1.58. The van der Waals surface area contributed by atoms with Crippen molar-refractivity contribution in [3.8, 4) is 0 Å². The van der Waals surface area contributed by atoms with Crippen molar-refractivity contribution in [3.63, 3.8) is 0 Å². The molecular formula is C10H6O6S. The van der Waals surface area contributed by atoms with Gasteiger partial charge in [-0.1, -0.05) is 24.3 Å². The molecule has 88 valence electrons. The van der Waals surface area contributed by atoms with Gasteiger partial charge in [-0.25, -0.2) is 0 Å². The van der Waals surface area contributed by atoms with Gasteiger partial charge in [0, 0.05) is 11.1 Å². The number of ketones is 2. The number of aliphatic hydroxyl groups excluding tert-OH is 1. The average molecular weight is 254 g/mol. The molecule has 0 spiro atoms. The van der Waals surface area contributed by atoms with E-state index in [1.807, 2.05) is 0 Å². The molecule has 0 saturated heterocycles. The third-order valence-electron chi connectivity index (χ3n) is 2.31. The Bertz CT molecular complexity index is 668. The monoisotopic (exact) mass is 254 g/mol. The molecule has 1 aromatic carbocycles. The summed E-state index contributed by atoms with van der Waals surface area (Å²) < 4.78 is 30.7. The molecule has 17 heavy (non-hydrogen) atoms. The summed E-state index contributed by atoms with van der Waals surface area (Å²) in [7, 11) is -4.94.